The number of nitrogens with zero attached hydrogens (tertiary/aromatic N) is 7. The first-order valence-electron chi connectivity index (χ1n) is 11.1. The van der Waals surface area contributed by atoms with Gasteiger partial charge in [-0.15, -0.1) is 24.3 Å². The van der Waals surface area contributed by atoms with Gasteiger partial charge in [-0.2, -0.15) is 13.2 Å². The van der Waals surface area contributed by atoms with E-state index in [0.29, 0.717) is 0 Å². The molecule has 0 aliphatic carbocycles. The van der Waals surface area contributed by atoms with Gasteiger partial charge in [-0.3, -0.25) is 20.1 Å². The molecule has 4 aromatic heterocycles. The molecule has 0 unspecified atom stereocenters. The maximum absolute atomic E-state index is 12.1. The number of fused-ring (bicyclic) bond motifs is 5. The first-order valence-corrected chi connectivity index (χ1v) is 11.1. The van der Waals surface area contributed by atoms with Gasteiger partial charge in [0.25, 0.3) is 0 Å². The Hall–Kier alpha value is -3.69. The molecule has 2 aromatic carbocycles. The van der Waals surface area contributed by atoms with Gasteiger partial charge in [0.15, 0.2) is 0 Å². The molecule has 1 radical (unpaired) electrons. The molecular formula is C26H20F3IrN7-2. The monoisotopic (exact) mass is 680 g/mol. The van der Waals surface area contributed by atoms with E-state index in [1.807, 2.05) is 36.4 Å². The Morgan fingerprint density at radius 2 is 1.59 bits per heavy atom. The normalized spacial score (nSPS) is 11.8. The molecular weight excluding hydrogens is 660 g/mol. The Morgan fingerprint density at radius 1 is 0.865 bits per heavy atom. The fraction of sp³-hybridized carbons (Fsp3) is 0.192. The van der Waals surface area contributed by atoms with Crippen molar-refractivity contribution in [3.8, 4) is 11.5 Å². The van der Waals surface area contributed by atoms with E-state index in [1.54, 1.807) is 12.1 Å². The van der Waals surface area contributed by atoms with Crippen molar-refractivity contribution in [1.29, 1.82) is 0 Å². The Labute approximate surface area is 223 Å². The van der Waals surface area contributed by atoms with Gasteiger partial charge in [0.05, 0.1) is 22.4 Å². The summed E-state index contributed by atoms with van der Waals surface area (Å²) in [5, 5.41) is 7.22. The predicted octanol–water partition coefficient (Wildman–Crippen LogP) is 5.65. The summed E-state index contributed by atoms with van der Waals surface area (Å²) in [5.41, 5.74) is 4.18. The van der Waals surface area contributed by atoms with Crippen LogP contribution >= 0.6 is 0 Å². The number of aromatic nitrogens is 7. The van der Waals surface area contributed by atoms with Gasteiger partial charge in [0.2, 0.25) is 0 Å². The van der Waals surface area contributed by atoms with Crippen LogP contribution in [0, 0.1) is 6.07 Å². The molecule has 6 rings (SSSR count). The van der Waals surface area contributed by atoms with Crippen LogP contribution in [-0.4, -0.2) is 29.4 Å². The standard InChI is InChI=1S/C18H16N3.C8H4F3N4.Ir/c1-18(2,3)17-20-13-9-5-4-8-12(13)16-19-14-10-6-7-11-15(14)21(16)17;9-8(10,11)7-13-6(14-15-7)5-3-1-2-4-12-5;/h4-7,9-11H,1-3H3;1-4H;/q2*-1;. The van der Waals surface area contributed by atoms with Crippen molar-refractivity contribution in [3.05, 3.63) is 84.6 Å². The van der Waals surface area contributed by atoms with Gasteiger partial charge >= 0.3 is 6.18 Å². The number of benzene rings is 2. The molecule has 0 saturated carbocycles. The number of imidazole rings is 1. The third-order valence-corrected chi connectivity index (χ3v) is 5.33. The molecule has 6 aromatic rings. The maximum Gasteiger partial charge on any atom is 0.429 e. The minimum atomic E-state index is -4.57. The Balaban J connectivity index is 0.000000178. The van der Waals surface area contributed by atoms with Gasteiger partial charge in [-0.1, -0.05) is 44.4 Å². The molecule has 4 heterocycles. The van der Waals surface area contributed by atoms with Crippen LogP contribution in [0.2, 0.25) is 0 Å². The van der Waals surface area contributed by atoms with Crippen molar-refractivity contribution in [2.45, 2.75) is 32.4 Å². The fourth-order valence-corrected chi connectivity index (χ4v) is 3.74. The summed E-state index contributed by atoms with van der Waals surface area (Å²) in [6.45, 7) is 6.55. The SMILES string of the molecule is CC(C)(C)c1nc2ccc[c-]c2c2nc3ccccc3n12.FC(F)(F)c1n[n-]c(-c2ccccn2)n1.[Ir]. The molecule has 37 heavy (non-hydrogen) atoms. The van der Waals surface area contributed by atoms with Crippen molar-refractivity contribution in [1.82, 2.24) is 34.5 Å². The zero-order chi connectivity index (χ0) is 25.5. The second-order valence-corrected chi connectivity index (χ2v) is 9.05. The van der Waals surface area contributed by atoms with Crippen LogP contribution in [-0.2, 0) is 31.7 Å². The van der Waals surface area contributed by atoms with E-state index in [-0.39, 0.29) is 37.0 Å². The zero-order valence-electron chi connectivity index (χ0n) is 19.9. The largest absolute Gasteiger partial charge is 0.429 e. The first kappa shape index (κ1) is 26.4. The Morgan fingerprint density at radius 3 is 2.27 bits per heavy atom. The van der Waals surface area contributed by atoms with E-state index in [4.69, 9.17) is 9.97 Å². The molecule has 0 aliphatic heterocycles. The van der Waals surface area contributed by atoms with Crippen molar-refractivity contribution in [3.63, 3.8) is 0 Å². The number of rotatable bonds is 1. The van der Waals surface area contributed by atoms with Gasteiger partial charge in [0, 0.05) is 31.7 Å². The predicted molar refractivity (Wildman–Crippen MR) is 129 cm³/mol. The summed E-state index contributed by atoms with van der Waals surface area (Å²) in [7, 11) is 0. The summed E-state index contributed by atoms with van der Waals surface area (Å²) < 4.78 is 38.6. The second-order valence-electron chi connectivity index (χ2n) is 9.05. The number of hydrogen-bond donors (Lipinski definition) is 0. The van der Waals surface area contributed by atoms with Crippen LogP contribution < -0.4 is 5.10 Å². The maximum atomic E-state index is 12.1. The minimum Gasteiger partial charge on any atom is -0.413 e. The van der Waals surface area contributed by atoms with Crippen LogP contribution in [0.5, 0.6) is 0 Å². The summed E-state index contributed by atoms with van der Waals surface area (Å²) >= 11 is 0. The van der Waals surface area contributed by atoms with Crippen molar-refractivity contribution in [2.24, 2.45) is 0 Å². The van der Waals surface area contributed by atoms with Crippen LogP contribution in [0.4, 0.5) is 13.2 Å². The third-order valence-electron chi connectivity index (χ3n) is 5.33. The summed E-state index contributed by atoms with van der Waals surface area (Å²) in [6.07, 6.45) is -3.13. The molecule has 0 saturated heterocycles. The molecule has 191 valence electrons. The quantitative estimate of drug-likeness (QED) is 0.209. The van der Waals surface area contributed by atoms with E-state index < -0.39 is 12.0 Å². The van der Waals surface area contributed by atoms with E-state index in [1.165, 1.54) is 12.3 Å². The topological polar surface area (TPSA) is 83.0 Å². The van der Waals surface area contributed by atoms with Crippen molar-refractivity contribution in [2.75, 3.05) is 0 Å². The van der Waals surface area contributed by atoms with Gasteiger partial charge in [0.1, 0.15) is 11.6 Å². The Bertz CT molecular complexity index is 1670. The van der Waals surface area contributed by atoms with Crippen LogP contribution in [0.15, 0.2) is 66.9 Å². The van der Waals surface area contributed by atoms with Crippen LogP contribution in [0.25, 0.3) is 39.1 Å². The third kappa shape index (κ3) is 5.23. The van der Waals surface area contributed by atoms with E-state index in [9.17, 15) is 13.2 Å². The van der Waals surface area contributed by atoms with Gasteiger partial charge in [-0.25, -0.2) is 0 Å². The summed E-state index contributed by atoms with van der Waals surface area (Å²) in [5.74, 6) is -0.343. The average Bonchev–Trinajstić information content (AvgIpc) is 3.50. The number of halogens is 3. The second kappa shape index (κ2) is 9.99. The Kier molecular flexibility index (Phi) is 7.12. The molecule has 0 atom stereocenters. The molecule has 0 spiro atoms. The number of pyridine rings is 1. The number of hydrogen-bond acceptors (Lipinski definition) is 5. The molecule has 11 heteroatoms. The van der Waals surface area contributed by atoms with Crippen molar-refractivity contribution < 1.29 is 33.3 Å². The van der Waals surface area contributed by atoms with E-state index >= 15 is 0 Å². The summed E-state index contributed by atoms with van der Waals surface area (Å²) in [6, 6.07) is 22.2. The minimum absolute atomic E-state index is 0. The van der Waals surface area contributed by atoms with E-state index in [2.05, 4.69) is 57.5 Å². The van der Waals surface area contributed by atoms with Crippen LogP contribution in [0.3, 0.4) is 0 Å². The average molecular weight is 680 g/mol. The molecule has 0 N–H and O–H groups in total. The number of para-hydroxylation sites is 2. The van der Waals surface area contributed by atoms with Crippen molar-refractivity contribution >= 4 is 27.6 Å². The molecule has 0 amide bonds. The van der Waals surface area contributed by atoms with Crippen LogP contribution in [0.1, 0.15) is 32.4 Å². The fourth-order valence-electron chi connectivity index (χ4n) is 3.74. The van der Waals surface area contributed by atoms with Gasteiger partial charge < -0.3 is 14.5 Å². The first-order chi connectivity index (χ1) is 17.1. The van der Waals surface area contributed by atoms with Gasteiger partial charge in [-0.05, 0) is 35.6 Å². The molecule has 7 nitrogen and oxygen atoms in total. The smallest absolute Gasteiger partial charge is 0.413 e. The molecule has 0 bridgehead atoms. The van der Waals surface area contributed by atoms with E-state index in [0.717, 1.165) is 33.4 Å². The zero-order valence-corrected chi connectivity index (χ0v) is 22.3. The summed E-state index contributed by atoms with van der Waals surface area (Å²) in [4.78, 5) is 16.8. The molecule has 0 aliphatic rings. The number of alkyl halides is 3. The molecule has 0 fully saturated rings.